The number of rotatable bonds is 6. The van der Waals surface area contributed by atoms with Crippen molar-refractivity contribution >= 4 is 10.1 Å². The van der Waals surface area contributed by atoms with E-state index in [2.05, 4.69) is 13.8 Å². The van der Waals surface area contributed by atoms with Crippen molar-refractivity contribution in [1.82, 2.24) is 0 Å². The molecule has 3 rings (SSSR count). The van der Waals surface area contributed by atoms with Gasteiger partial charge in [0.1, 0.15) is 16.5 Å². The molecule has 0 bridgehead atoms. The standard InChI is InChI=1S/C23H29FO5S/c1-14(2)21-18-7-6-17(24)13-16(18)9-11-23(21,29-4)12-10-19-20(25)8-5-15(3)22(19)30(26,27)28/h5-8,13-14,21,25H,9-12H2,1-4H3,(H,26,27,28)/t21-,23-/m0/s1. The van der Waals surface area contributed by atoms with Crippen LogP contribution in [0.25, 0.3) is 0 Å². The van der Waals surface area contributed by atoms with Crippen LogP contribution >= 0.6 is 0 Å². The Kier molecular flexibility index (Phi) is 6.28. The van der Waals surface area contributed by atoms with Crippen LogP contribution in [0.1, 0.15) is 54.9 Å². The Labute approximate surface area is 177 Å². The number of aryl methyl sites for hydroxylation is 2. The molecule has 2 N–H and O–H groups in total. The molecule has 0 spiro atoms. The third-order valence-corrected chi connectivity index (χ3v) is 7.47. The van der Waals surface area contributed by atoms with Crippen LogP contribution < -0.4 is 0 Å². The lowest BCUT2D eigenvalue weighted by Gasteiger charge is -2.46. The molecule has 0 saturated carbocycles. The molecule has 164 valence electrons. The van der Waals surface area contributed by atoms with Crippen LogP contribution in [-0.4, -0.2) is 30.8 Å². The summed E-state index contributed by atoms with van der Waals surface area (Å²) in [7, 11) is -2.85. The van der Waals surface area contributed by atoms with Crippen molar-refractivity contribution in [1.29, 1.82) is 0 Å². The van der Waals surface area contributed by atoms with Crippen molar-refractivity contribution in [3.05, 3.63) is 58.4 Å². The quantitative estimate of drug-likeness (QED) is 0.636. The van der Waals surface area contributed by atoms with E-state index in [1.54, 1.807) is 20.1 Å². The molecular formula is C23H29FO5S. The number of hydrogen-bond donors (Lipinski definition) is 2. The van der Waals surface area contributed by atoms with Gasteiger partial charge in [0.15, 0.2) is 0 Å². The maximum absolute atomic E-state index is 13.8. The highest BCUT2D eigenvalue weighted by atomic mass is 32.2. The van der Waals surface area contributed by atoms with Crippen molar-refractivity contribution in [2.24, 2.45) is 5.92 Å². The summed E-state index contributed by atoms with van der Waals surface area (Å²) in [6.07, 6.45) is 1.96. The minimum atomic E-state index is -4.49. The monoisotopic (exact) mass is 436 g/mol. The molecule has 0 fully saturated rings. The SMILES string of the molecule is CO[C@]1(CCc2c(O)ccc(C)c2S(=O)(=O)O)CCc2cc(F)ccc2[C@@H]1C(C)C. The topological polar surface area (TPSA) is 83.8 Å². The number of benzene rings is 2. The molecule has 2 aromatic rings. The highest BCUT2D eigenvalue weighted by molar-refractivity contribution is 7.86. The van der Waals surface area contributed by atoms with Crippen LogP contribution in [0, 0.1) is 18.7 Å². The van der Waals surface area contributed by atoms with Crippen LogP contribution in [0.2, 0.25) is 0 Å². The normalized spacial score (nSPS) is 21.6. The number of phenolic OH excluding ortho intramolecular Hbond substituents is 1. The summed E-state index contributed by atoms with van der Waals surface area (Å²) in [6, 6.07) is 7.76. The fraction of sp³-hybridized carbons (Fsp3) is 0.478. The van der Waals surface area contributed by atoms with E-state index in [9.17, 15) is 22.5 Å². The predicted molar refractivity (Wildman–Crippen MR) is 113 cm³/mol. The first-order valence-corrected chi connectivity index (χ1v) is 11.6. The molecule has 0 heterocycles. The molecule has 0 radical (unpaired) electrons. The van der Waals surface area contributed by atoms with Crippen molar-refractivity contribution < 1.29 is 27.2 Å². The summed E-state index contributed by atoms with van der Waals surface area (Å²) in [5, 5.41) is 10.4. The molecule has 5 nitrogen and oxygen atoms in total. The summed E-state index contributed by atoms with van der Waals surface area (Å²) in [5.74, 6) is -0.253. The Morgan fingerprint density at radius 1 is 1.27 bits per heavy atom. The summed E-state index contributed by atoms with van der Waals surface area (Å²) in [6.45, 7) is 5.76. The first-order valence-electron chi connectivity index (χ1n) is 10.1. The zero-order chi connectivity index (χ0) is 22.3. The van der Waals surface area contributed by atoms with E-state index in [1.807, 2.05) is 6.07 Å². The van der Waals surface area contributed by atoms with Crippen LogP contribution in [0.15, 0.2) is 35.2 Å². The number of aromatic hydroxyl groups is 1. The number of methoxy groups -OCH3 is 1. The largest absolute Gasteiger partial charge is 0.508 e. The molecule has 1 aliphatic carbocycles. The first kappa shape index (κ1) is 22.7. The molecule has 0 unspecified atom stereocenters. The first-order chi connectivity index (χ1) is 14.0. The molecule has 2 aromatic carbocycles. The summed E-state index contributed by atoms with van der Waals surface area (Å²) >= 11 is 0. The molecule has 0 saturated heterocycles. The van der Waals surface area contributed by atoms with Gasteiger partial charge in [-0.25, -0.2) is 4.39 Å². The lowest BCUT2D eigenvalue weighted by molar-refractivity contribution is -0.0629. The van der Waals surface area contributed by atoms with Crippen LogP contribution in [0.3, 0.4) is 0 Å². The second-order valence-corrected chi connectivity index (χ2v) is 9.88. The second kappa shape index (κ2) is 8.29. The second-order valence-electron chi connectivity index (χ2n) is 8.52. The molecule has 30 heavy (non-hydrogen) atoms. The van der Waals surface area contributed by atoms with E-state index < -0.39 is 15.7 Å². The summed E-state index contributed by atoms with van der Waals surface area (Å²) < 4.78 is 53.5. The van der Waals surface area contributed by atoms with Gasteiger partial charge in [-0.2, -0.15) is 8.42 Å². The smallest absolute Gasteiger partial charge is 0.295 e. The third-order valence-electron chi connectivity index (χ3n) is 6.39. The van der Waals surface area contributed by atoms with Gasteiger partial charge in [0.2, 0.25) is 0 Å². The van der Waals surface area contributed by atoms with E-state index in [4.69, 9.17) is 4.74 Å². The van der Waals surface area contributed by atoms with Gasteiger partial charge in [-0.15, -0.1) is 0 Å². The third kappa shape index (κ3) is 4.11. The molecule has 0 aliphatic heterocycles. The minimum Gasteiger partial charge on any atom is -0.508 e. The minimum absolute atomic E-state index is 0.0204. The molecule has 0 amide bonds. The van der Waals surface area contributed by atoms with Gasteiger partial charge in [0.05, 0.1) is 5.60 Å². The van der Waals surface area contributed by atoms with Crippen molar-refractivity contribution in [2.45, 2.75) is 62.9 Å². The van der Waals surface area contributed by atoms with Crippen LogP contribution in [0.5, 0.6) is 5.75 Å². The molecular weight excluding hydrogens is 407 g/mol. The Balaban J connectivity index is 2.03. The van der Waals surface area contributed by atoms with Gasteiger partial charge < -0.3 is 9.84 Å². The van der Waals surface area contributed by atoms with Gasteiger partial charge in [-0.05, 0) is 73.4 Å². The fourth-order valence-electron chi connectivity index (χ4n) is 5.13. The number of phenols is 1. The predicted octanol–water partition coefficient (Wildman–Crippen LogP) is 4.79. The maximum Gasteiger partial charge on any atom is 0.295 e. The Hall–Kier alpha value is -1.96. The zero-order valence-electron chi connectivity index (χ0n) is 17.8. The van der Waals surface area contributed by atoms with E-state index in [-0.39, 0.29) is 40.3 Å². The van der Waals surface area contributed by atoms with E-state index in [1.165, 1.54) is 18.2 Å². The van der Waals surface area contributed by atoms with E-state index >= 15 is 0 Å². The Morgan fingerprint density at radius 3 is 2.57 bits per heavy atom. The van der Waals surface area contributed by atoms with Gasteiger partial charge in [0, 0.05) is 18.6 Å². The molecule has 0 aromatic heterocycles. The lowest BCUT2D eigenvalue weighted by Crippen LogP contribution is -2.45. The number of hydrogen-bond acceptors (Lipinski definition) is 4. The lowest BCUT2D eigenvalue weighted by atomic mass is 9.65. The maximum atomic E-state index is 13.8. The Bertz CT molecular complexity index is 1050. The van der Waals surface area contributed by atoms with Gasteiger partial charge in [-0.3, -0.25) is 4.55 Å². The highest BCUT2D eigenvalue weighted by Crippen LogP contribution is 2.48. The van der Waals surface area contributed by atoms with Crippen molar-refractivity contribution in [2.75, 3.05) is 7.11 Å². The number of halogens is 1. The number of ether oxygens (including phenoxy) is 1. The average molecular weight is 437 g/mol. The van der Waals surface area contributed by atoms with Crippen molar-refractivity contribution in [3.8, 4) is 5.75 Å². The van der Waals surface area contributed by atoms with E-state index in [0.29, 0.717) is 24.8 Å². The number of fused-ring (bicyclic) bond motifs is 1. The van der Waals surface area contributed by atoms with E-state index in [0.717, 1.165) is 11.1 Å². The Morgan fingerprint density at radius 2 is 1.97 bits per heavy atom. The fourth-order valence-corrected chi connectivity index (χ4v) is 6.12. The van der Waals surface area contributed by atoms with Crippen LogP contribution in [0.4, 0.5) is 4.39 Å². The van der Waals surface area contributed by atoms with Crippen molar-refractivity contribution in [3.63, 3.8) is 0 Å². The summed E-state index contributed by atoms with van der Waals surface area (Å²) in [4.78, 5) is -0.242. The summed E-state index contributed by atoms with van der Waals surface area (Å²) in [5.41, 5.74) is 1.98. The van der Waals surface area contributed by atoms with Gasteiger partial charge in [0.25, 0.3) is 10.1 Å². The zero-order valence-corrected chi connectivity index (χ0v) is 18.6. The average Bonchev–Trinajstić information content (AvgIpc) is 2.66. The molecule has 7 heteroatoms. The highest BCUT2D eigenvalue weighted by Gasteiger charge is 2.45. The van der Waals surface area contributed by atoms with Gasteiger partial charge >= 0.3 is 0 Å². The van der Waals surface area contributed by atoms with Crippen LogP contribution in [-0.2, 0) is 27.7 Å². The van der Waals surface area contributed by atoms with Gasteiger partial charge in [-0.1, -0.05) is 26.0 Å². The molecule has 2 atom stereocenters. The molecule has 1 aliphatic rings.